The van der Waals surface area contributed by atoms with Crippen LogP contribution in [0.2, 0.25) is 0 Å². The molecule has 0 aliphatic carbocycles. The number of hydrogen-bond acceptors (Lipinski definition) is 6. The summed E-state index contributed by atoms with van der Waals surface area (Å²) in [5.74, 6) is -1.21. The largest absolute Gasteiger partial charge is 0.433 e. The van der Waals surface area contributed by atoms with Crippen LogP contribution in [-0.2, 0) is 34.1 Å². The van der Waals surface area contributed by atoms with Crippen LogP contribution >= 0.6 is 0 Å². The Labute approximate surface area is 226 Å². The van der Waals surface area contributed by atoms with Crippen molar-refractivity contribution in [2.45, 2.75) is 44.9 Å². The number of amides is 1. The maximum atomic E-state index is 14.5. The van der Waals surface area contributed by atoms with Crippen molar-refractivity contribution in [1.29, 1.82) is 0 Å². The molecule has 0 bridgehead atoms. The second-order valence-corrected chi connectivity index (χ2v) is 12.1. The molecular weight excluding hydrogens is 538 g/mol. The minimum Gasteiger partial charge on any atom is -0.356 e. The van der Waals surface area contributed by atoms with Crippen LogP contribution in [0.3, 0.4) is 0 Å². The Morgan fingerprint density at radius 2 is 1.77 bits per heavy atom. The van der Waals surface area contributed by atoms with Gasteiger partial charge in [0.25, 0.3) is 0 Å². The third-order valence-electron chi connectivity index (χ3n) is 6.73. The summed E-state index contributed by atoms with van der Waals surface area (Å²) in [6.07, 6.45) is -1.99. The summed E-state index contributed by atoms with van der Waals surface area (Å²) in [7, 11) is 0.478. The summed E-state index contributed by atoms with van der Waals surface area (Å²) in [5.41, 5.74) is -0.0197. The number of rotatable bonds is 10. The van der Waals surface area contributed by atoms with Gasteiger partial charge in [0.15, 0.2) is 0 Å². The number of sulfonamides is 1. The summed E-state index contributed by atoms with van der Waals surface area (Å²) in [6.45, 7) is 3.34. The molecule has 2 heterocycles. The summed E-state index contributed by atoms with van der Waals surface area (Å²) < 4.78 is 79.5. The molecule has 0 spiro atoms. The molecule has 216 valence electrons. The minimum atomic E-state index is -4.60. The van der Waals surface area contributed by atoms with Crippen molar-refractivity contribution in [2.24, 2.45) is 5.92 Å². The molecule has 39 heavy (non-hydrogen) atoms. The first-order chi connectivity index (χ1) is 18.1. The van der Waals surface area contributed by atoms with E-state index in [4.69, 9.17) is 0 Å². The molecule has 1 atom stereocenters. The fourth-order valence-electron chi connectivity index (χ4n) is 4.56. The second kappa shape index (κ2) is 12.6. The number of aromatic nitrogens is 1. The van der Waals surface area contributed by atoms with Crippen LogP contribution in [0.15, 0.2) is 30.3 Å². The molecule has 0 radical (unpaired) electrons. The molecule has 0 saturated carbocycles. The Balaban J connectivity index is 1.71. The van der Waals surface area contributed by atoms with E-state index in [-0.39, 0.29) is 24.5 Å². The number of benzene rings is 1. The molecule has 3 rings (SSSR count). The first-order valence-electron chi connectivity index (χ1n) is 12.6. The van der Waals surface area contributed by atoms with E-state index in [1.807, 2.05) is 19.0 Å². The molecule has 1 aromatic carbocycles. The van der Waals surface area contributed by atoms with Crippen LogP contribution in [0.1, 0.15) is 48.1 Å². The van der Waals surface area contributed by atoms with Gasteiger partial charge in [-0.05, 0) is 57.5 Å². The van der Waals surface area contributed by atoms with Crippen LogP contribution in [0.5, 0.6) is 0 Å². The molecule has 13 heteroatoms. The fourth-order valence-corrected chi connectivity index (χ4v) is 4.98. The maximum absolute atomic E-state index is 14.5. The topological polar surface area (TPSA) is 94.6 Å². The summed E-state index contributed by atoms with van der Waals surface area (Å²) >= 11 is 0. The van der Waals surface area contributed by atoms with Crippen molar-refractivity contribution in [3.8, 4) is 0 Å². The monoisotopic (exact) mass is 573 g/mol. The van der Waals surface area contributed by atoms with Gasteiger partial charge in [0.05, 0.1) is 12.2 Å². The molecule has 1 saturated heterocycles. The number of carbonyl (C=O) groups is 1. The average molecular weight is 574 g/mol. The zero-order chi connectivity index (χ0) is 29.0. The second-order valence-electron chi connectivity index (χ2n) is 10.3. The molecule has 2 N–H and O–H groups in total. The highest BCUT2D eigenvalue weighted by atomic mass is 32.2. The molecule has 1 amide bonds. The van der Waals surface area contributed by atoms with Crippen molar-refractivity contribution < 1.29 is 30.8 Å². The third kappa shape index (κ3) is 8.87. The Kier molecular flexibility index (Phi) is 9.94. The number of nitrogens with one attached hydrogen (secondary N) is 2. The van der Waals surface area contributed by atoms with E-state index in [0.29, 0.717) is 30.1 Å². The van der Waals surface area contributed by atoms with E-state index >= 15 is 0 Å². The van der Waals surface area contributed by atoms with Crippen molar-refractivity contribution in [2.75, 3.05) is 44.9 Å². The number of halogens is 4. The zero-order valence-corrected chi connectivity index (χ0v) is 23.3. The van der Waals surface area contributed by atoms with Gasteiger partial charge >= 0.3 is 6.18 Å². The van der Waals surface area contributed by atoms with Crippen LogP contribution in [-0.4, -0.2) is 64.2 Å². The predicted molar refractivity (Wildman–Crippen MR) is 141 cm³/mol. The highest BCUT2D eigenvalue weighted by Gasteiger charge is 2.34. The number of hydrogen-bond donors (Lipinski definition) is 2. The number of carbonyl (C=O) groups excluding carboxylic acids is 1. The Morgan fingerprint density at radius 1 is 1.13 bits per heavy atom. The van der Waals surface area contributed by atoms with Crippen LogP contribution in [0.25, 0.3) is 0 Å². The van der Waals surface area contributed by atoms with Gasteiger partial charge in [-0.25, -0.2) is 22.5 Å². The lowest BCUT2D eigenvalue weighted by Crippen LogP contribution is -2.38. The van der Waals surface area contributed by atoms with E-state index in [0.717, 1.165) is 31.7 Å². The number of anilines is 1. The SMILES string of the molecule is CC(C(=O)NCc1ccc(C(F)(F)F)nc1N1CCC(CN(C)C)CC1)c1ccc(CNS(C)(=O)=O)c(F)c1. The molecule has 1 aliphatic rings. The first kappa shape index (κ1) is 30.8. The molecular formula is C26H35F4N5O3S. The Bertz CT molecular complexity index is 1260. The standard InChI is InChI=1S/C26H35F4N5O3S/c1-17(19-5-6-20(22(27)13-19)15-32-39(4,37)38)25(36)31-14-21-7-8-23(26(28,29)30)33-24(21)35-11-9-18(10-12-35)16-34(2)3/h5-8,13,17-18,32H,9-12,14-16H2,1-4H3,(H,31,36). The van der Waals surface area contributed by atoms with Gasteiger partial charge in [0.2, 0.25) is 15.9 Å². The van der Waals surface area contributed by atoms with Gasteiger partial charge in [-0.3, -0.25) is 4.79 Å². The van der Waals surface area contributed by atoms with Gasteiger partial charge < -0.3 is 15.1 Å². The van der Waals surface area contributed by atoms with Crippen LogP contribution in [0, 0.1) is 11.7 Å². The van der Waals surface area contributed by atoms with E-state index in [2.05, 4.69) is 19.9 Å². The normalized spacial score (nSPS) is 16.0. The number of alkyl halides is 3. The van der Waals surface area contributed by atoms with Gasteiger partial charge in [0.1, 0.15) is 17.3 Å². The van der Waals surface area contributed by atoms with Crippen LogP contribution < -0.4 is 14.9 Å². The van der Waals surface area contributed by atoms with Crippen molar-refractivity contribution in [1.82, 2.24) is 19.9 Å². The third-order valence-corrected chi connectivity index (χ3v) is 7.40. The van der Waals surface area contributed by atoms with Gasteiger partial charge in [-0.15, -0.1) is 0 Å². The van der Waals surface area contributed by atoms with Gasteiger partial charge in [-0.1, -0.05) is 18.2 Å². The lowest BCUT2D eigenvalue weighted by atomic mass is 9.96. The number of pyridine rings is 1. The molecule has 8 nitrogen and oxygen atoms in total. The van der Waals surface area contributed by atoms with E-state index < -0.39 is 39.5 Å². The lowest BCUT2D eigenvalue weighted by molar-refractivity contribution is -0.141. The number of nitrogens with zero attached hydrogens (tertiary/aromatic N) is 3. The van der Waals surface area contributed by atoms with Crippen LogP contribution in [0.4, 0.5) is 23.4 Å². The highest BCUT2D eigenvalue weighted by molar-refractivity contribution is 7.88. The van der Waals surface area contributed by atoms with E-state index in [1.165, 1.54) is 24.3 Å². The Morgan fingerprint density at radius 3 is 2.33 bits per heavy atom. The molecule has 1 fully saturated rings. The van der Waals surface area contributed by atoms with E-state index in [9.17, 15) is 30.8 Å². The quantitative estimate of drug-likeness (QED) is 0.423. The average Bonchev–Trinajstić information content (AvgIpc) is 2.85. The molecule has 1 unspecified atom stereocenters. The molecule has 1 aliphatic heterocycles. The van der Waals surface area contributed by atoms with Crippen molar-refractivity contribution in [3.05, 3.63) is 58.5 Å². The summed E-state index contributed by atoms with van der Waals surface area (Å²) in [4.78, 5) is 20.7. The number of piperidine rings is 1. The fraction of sp³-hybridized carbons (Fsp3) is 0.538. The van der Waals surface area contributed by atoms with Gasteiger partial charge in [-0.2, -0.15) is 13.2 Å². The van der Waals surface area contributed by atoms with E-state index in [1.54, 1.807) is 6.92 Å². The highest BCUT2D eigenvalue weighted by Crippen LogP contribution is 2.32. The zero-order valence-electron chi connectivity index (χ0n) is 22.5. The lowest BCUT2D eigenvalue weighted by Gasteiger charge is -2.35. The van der Waals surface area contributed by atoms with Gasteiger partial charge in [0, 0.05) is 43.9 Å². The summed E-state index contributed by atoms with van der Waals surface area (Å²) in [5, 5.41) is 2.74. The minimum absolute atomic E-state index is 0.0416. The van der Waals surface area contributed by atoms with Crippen molar-refractivity contribution >= 4 is 21.7 Å². The van der Waals surface area contributed by atoms with Crippen molar-refractivity contribution in [3.63, 3.8) is 0 Å². The smallest absolute Gasteiger partial charge is 0.356 e. The molecule has 2 aromatic rings. The summed E-state index contributed by atoms with van der Waals surface area (Å²) in [6, 6.07) is 6.36. The molecule has 1 aromatic heterocycles. The first-order valence-corrected chi connectivity index (χ1v) is 14.5. The predicted octanol–water partition coefficient (Wildman–Crippen LogP) is 3.49. The Hall–Kier alpha value is -2.77. The maximum Gasteiger partial charge on any atom is 0.433 e.